The van der Waals surface area contributed by atoms with E-state index in [1.165, 1.54) is 12.1 Å². The Hall–Kier alpha value is -2.13. The summed E-state index contributed by atoms with van der Waals surface area (Å²) in [6, 6.07) is 4.24. The van der Waals surface area contributed by atoms with E-state index in [2.05, 4.69) is 4.90 Å². The lowest BCUT2D eigenvalue weighted by Crippen LogP contribution is -2.52. The van der Waals surface area contributed by atoms with Crippen LogP contribution in [0.15, 0.2) is 24.3 Å². The molecule has 1 aromatic rings. The van der Waals surface area contributed by atoms with Crippen LogP contribution in [-0.4, -0.2) is 84.0 Å². The zero-order chi connectivity index (χ0) is 21.0. The molecule has 0 spiro atoms. The number of aliphatic hydroxyl groups excluding tert-OH is 1. The molecule has 2 amide bonds. The third kappa shape index (κ3) is 5.27. The zero-order valence-corrected chi connectivity index (χ0v) is 16.2. The van der Waals surface area contributed by atoms with Crippen LogP contribution in [0.4, 0.5) is 13.2 Å². The molecule has 0 aromatic heterocycles. The Balaban J connectivity index is 1.50. The third-order valence-electron chi connectivity index (χ3n) is 5.69. The highest BCUT2D eigenvalue weighted by Gasteiger charge is 2.33. The van der Waals surface area contributed by atoms with Crippen molar-refractivity contribution in [2.45, 2.75) is 19.0 Å². The number of hydrogen-bond donors (Lipinski definition) is 1. The molecule has 2 fully saturated rings. The van der Waals surface area contributed by atoms with E-state index >= 15 is 0 Å². The number of likely N-dealkylation sites (tertiary alicyclic amines) is 1. The molecule has 1 aromatic carbocycles. The molecule has 9 heteroatoms. The van der Waals surface area contributed by atoms with E-state index in [0.29, 0.717) is 45.6 Å². The van der Waals surface area contributed by atoms with Crippen LogP contribution in [0, 0.1) is 5.92 Å². The van der Waals surface area contributed by atoms with Gasteiger partial charge in [0.2, 0.25) is 5.91 Å². The number of carbonyl (C=O) groups is 2. The first-order valence-electron chi connectivity index (χ1n) is 9.88. The van der Waals surface area contributed by atoms with Crippen LogP contribution >= 0.6 is 0 Å². The van der Waals surface area contributed by atoms with Crippen molar-refractivity contribution >= 4 is 11.8 Å². The maximum absolute atomic E-state index is 12.7. The maximum atomic E-state index is 12.7. The van der Waals surface area contributed by atoms with Gasteiger partial charge in [-0.25, -0.2) is 0 Å². The third-order valence-corrected chi connectivity index (χ3v) is 5.69. The van der Waals surface area contributed by atoms with Crippen LogP contribution < -0.4 is 0 Å². The fourth-order valence-corrected chi connectivity index (χ4v) is 3.91. The molecule has 6 nitrogen and oxygen atoms in total. The predicted octanol–water partition coefficient (Wildman–Crippen LogP) is 1.69. The van der Waals surface area contributed by atoms with E-state index in [4.69, 9.17) is 5.11 Å². The Morgan fingerprint density at radius 1 is 0.931 bits per heavy atom. The Morgan fingerprint density at radius 2 is 1.52 bits per heavy atom. The molecule has 160 valence electrons. The van der Waals surface area contributed by atoms with E-state index in [9.17, 15) is 22.8 Å². The zero-order valence-electron chi connectivity index (χ0n) is 16.2. The number of nitrogens with zero attached hydrogens (tertiary/aromatic N) is 3. The molecule has 2 aliphatic heterocycles. The predicted molar refractivity (Wildman–Crippen MR) is 100 cm³/mol. The monoisotopic (exact) mass is 413 g/mol. The molecular weight excluding hydrogens is 387 g/mol. The van der Waals surface area contributed by atoms with Crippen LogP contribution in [0.5, 0.6) is 0 Å². The number of piperazine rings is 1. The molecule has 2 heterocycles. The quantitative estimate of drug-likeness (QED) is 0.816. The van der Waals surface area contributed by atoms with Gasteiger partial charge in [-0.05, 0) is 37.1 Å². The molecule has 0 bridgehead atoms. The summed E-state index contributed by atoms with van der Waals surface area (Å²) in [6.45, 7) is 4.34. The SMILES string of the molecule is O=C(c1ccc(C(F)(F)F)cc1)N1CCC(C(=O)N2CCN(CCO)CC2)CC1. The standard InChI is InChI=1S/C20H26F3N3O3/c21-20(22,23)17-3-1-15(2-4-17)18(28)25-7-5-16(6-8-25)19(29)26-11-9-24(10-12-26)13-14-27/h1-4,16,27H,5-14H2. The summed E-state index contributed by atoms with van der Waals surface area (Å²) in [7, 11) is 0. The summed E-state index contributed by atoms with van der Waals surface area (Å²) >= 11 is 0. The fourth-order valence-electron chi connectivity index (χ4n) is 3.91. The Kier molecular flexibility index (Phi) is 6.79. The summed E-state index contributed by atoms with van der Waals surface area (Å²) in [4.78, 5) is 30.9. The number of carbonyl (C=O) groups excluding carboxylic acids is 2. The highest BCUT2D eigenvalue weighted by Crippen LogP contribution is 2.29. The first-order chi connectivity index (χ1) is 13.8. The van der Waals surface area contributed by atoms with E-state index in [-0.39, 0.29) is 29.9 Å². The molecule has 0 unspecified atom stereocenters. The number of piperidine rings is 1. The van der Waals surface area contributed by atoms with Gasteiger partial charge < -0.3 is 14.9 Å². The summed E-state index contributed by atoms with van der Waals surface area (Å²) in [5.74, 6) is -0.325. The molecule has 3 rings (SSSR count). The molecule has 0 atom stereocenters. The van der Waals surface area contributed by atoms with Gasteiger partial charge in [-0.1, -0.05) is 0 Å². The Bertz CT molecular complexity index is 708. The Morgan fingerprint density at radius 3 is 2.03 bits per heavy atom. The van der Waals surface area contributed by atoms with E-state index in [1.54, 1.807) is 4.90 Å². The van der Waals surface area contributed by atoms with Crippen LogP contribution in [0.3, 0.4) is 0 Å². The van der Waals surface area contributed by atoms with E-state index < -0.39 is 11.7 Å². The number of aliphatic hydroxyl groups is 1. The molecule has 0 saturated carbocycles. The van der Waals surface area contributed by atoms with E-state index in [1.807, 2.05) is 4.90 Å². The van der Waals surface area contributed by atoms with Crippen molar-refractivity contribution in [2.24, 2.45) is 5.92 Å². The van der Waals surface area contributed by atoms with Gasteiger partial charge in [-0.3, -0.25) is 14.5 Å². The molecular formula is C20H26F3N3O3. The first-order valence-corrected chi connectivity index (χ1v) is 9.88. The average molecular weight is 413 g/mol. The normalized spacial score (nSPS) is 19.4. The van der Waals surface area contributed by atoms with Crippen molar-refractivity contribution in [1.82, 2.24) is 14.7 Å². The fraction of sp³-hybridized carbons (Fsp3) is 0.600. The summed E-state index contributed by atoms with van der Waals surface area (Å²) in [5.41, 5.74) is -0.555. The highest BCUT2D eigenvalue weighted by molar-refractivity contribution is 5.94. The van der Waals surface area contributed by atoms with Gasteiger partial charge >= 0.3 is 6.18 Å². The largest absolute Gasteiger partial charge is 0.416 e. The second-order valence-electron chi connectivity index (χ2n) is 7.53. The van der Waals surface area contributed by atoms with Gasteiger partial charge in [0.1, 0.15) is 0 Å². The topological polar surface area (TPSA) is 64.1 Å². The van der Waals surface area contributed by atoms with Gasteiger partial charge in [-0.2, -0.15) is 13.2 Å². The number of alkyl halides is 3. The van der Waals surface area contributed by atoms with Gasteiger partial charge in [0.05, 0.1) is 12.2 Å². The Labute approximate surface area is 167 Å². The first kappa shape index (κ1) is 21.6. The highest BCUT2D eigenvalue weighted by atomic mass is 19.4. The smallest absolute Gasteiger partial charge is 0.395 e. The van der Waals surface area contributed by atoms with Crippen molar-refractivity contribution in [3.63, 3.8) is 0 Å². The molecule has 2 saturated heterocycles. The van der Waals surface area contributed by atoms with E-state index in [0.717, 1.165) is 25.2 Å². The van der Waals surface area contributed by atoms with Gasteiger partial charge in [0.25, 0.3) is 5.91 Å². The molecule has 0 radical (unpaired) electrons. The van der Waals surface area contributed by atoms with Crippen LogP contribution in [-0.2, 0) is 11.0 Å². The minimum Gasteiger partial charge on any atom is -0.395 e. The molecule has 0 aliphatic carbocycles. The van der Waals surface area contributed by atoms with Crippen molar-refractivity contribution in [3.05, 3.63) is 35.4 Å². The second-order valence-corrected chi connectivity index (χ2v) is 7.53. The number of halogens is 3. The van der Waals surface area contributed by atoms with Crippen molar-refractivity contribution in [2.75, 3.05) is 52.4 Å². The summed E-state index contributed by atoms with van der Waals surface area (Å²) in [5, 5.41) is 8.99. The van der Waals surface area contributed by atoms with Crippen molar-refractivity contribution < 1.29 is 27.9 Å². The lowest BCUT2D eigenvalue weighted by molar-refractivity contribution is -0.139. The maximum Gasteiger partial charge on any atom is 0.416 e. The van der Waals surface area contributed by atoms with Gasteiger partial charge in [0.15, 0.2) is 0 Å². The number of amides is 2. The lowest BCUT2D eigenvalue weighted by atomic mass is 9.94. The minimum atomic E-state index is -4.43. The minimum absolute atomic E-state index is 0.107. The molecule has 29 heavy (non-hydrogen) atoms. The number of β-amino-alcohol motifs (C(OH)–C–C–N with tert-alkyl or cyclic N) is 1. The van der Waals surface area contributed by atoms with Gasteiger partial charge in [0, 0.05) is 57.3 Å². The lowest BCUT2D eigenvalue weighted by Gasteiger charge is -2.38. The van der Waals surface area contributed by atoms with Crippen LogP contribution in [0.2, 0.25) is 0 Å². The van der Waals surface area contributed by atoms with Gasteiger partial charge in [-0.15, -0.1) is 0 Å². The number of benzene rings is 1. The number of hydrogen-bond acceptors (Lipinski definition) is 4. The summed E-state index contributed by atoms with van der Waals surface area (Å²) < 4.78 is 38.0. The van der Waals surface area contributed by atoms with Crippen molar-refractivity contribution in [1.29, 1.82) is 0 Å². The molecule has 2 aliphatic rings. The molecule has 1 N–H and O–H groups in total. The van der Waals surface area contributed by atoms with Crippen LogP contribution in [0.25, 0.3) is 0 Å². The average Bonchev–Trinajstić information content (AvgIpc) is 2.73. The second kappa shape index (κ2) is 9.13. The van der Waals surface area contributed by atoms with Crippen LogP contribution in [0.1, 0.15) is 28.8 Å². The number of rotatable bonds is 4. The summed E-state index contributed by atoms with van der Waals surface area (Å²) in [6.07, 6.45) is -3.31. The van der Waals surface area contributed by atoms with Crippen molar-refractivity contribution in [3.8, 4) is 0 Å².